The summed E-state index contributed by atoms with van der Waals surface area (Å²) in [6.07, 6.45) is 1.42. The van der Waals surface area contributed by atoms with Gasteiger partial charge in [-0.2, -0.15) is 10.4 Å². The van der Waals surface area contributed by atoms with E-state index in [2.05, 4.69) is 47.1 Å². The van der Waals surface area contributed by atoms with Crippen molar-refractivity contribution in [3.05, 3.63) is 52.3 Å². The van der Waals surface area contributed by atoms with E-state index in [1.54, 1.807) is 12.3 Å². The van der Waals surface area contributed by atoms with E-state index < -0.39 is 5.91 Å². The first-order valence-corrected chi connectivity index (χ1v) is 7.40. The maximum absolute atomic E-state index is 11.2. The van der Waals surface area contributed by atoms with Crippen LogP contribution in [0.15, 0.2) is 29.4 Å². The zero-order chi connectivity index (χ0) is 17.0. The molecule has 1 amide bonds. The summed E-state index contributed by atoms with van der Waals surface area (Å²) < 4.78 is 2.20. The second-order valence-corrected chi connectivity index (χ2v) is 5.53. The number of amides is 1. The minimum absolute atomic E-state index is 0.196. The van der Waals surface area contributed by atoms with Crippen LogP contribution in [0.25, 0.3) is 5.69 Å². The summed E-state index contributed by atoms with van der Waals surface area (Å²) in [6.45, 7) is 8.26. The van der Waals surface area contributed by atoms with E-state index in [1.165, 1.54) is 16.8 Å². The Morgan fingerprint density at radius 3 is 2.57 bits per heavy atom. The third kappa shape index (κ3) is 3.49. The zero-order valence-corrected chi connectivity index (χ0v) is 13.8. The number of aryl methyl sites for hydroxylation is 3. The van der Waals surface area contributed by atoms with Gasteiger partial charge in [-0.3, -0.25) is 4.79 Å². The van der Waals surface area contributed by atoms with Crippen LogP contribution < -0.4 is 5.43 Å². The minimum Gasteiger partial charge on any atom is -0.317 e. The molecule has 0 spiro atoms. The summed E-state index contributed by atoms with van der Waals surface area (Å²) in [6, 6.07) is 10.1. The third-order valence-corrected chi connectivity index (χ3v) is 3.77. The maximum Gasteiger partial charge on any atom is 0.254 e. The number of nitrogens with one attached hydrogen (secondary N) is 1. The highest BCUT2D eigenvalue weighted by Crippen LogP contribution is 2.25. The Labute approximate surface area is 136 Å². The lowest BCUT2D eigenvalue weighted by atomic mass is 10.1. The van der Waals surface area contributed by atoms with E-state index in [4.69, 9.17) is 5.26 Å². The Morgan fingerprint density at radius 1 is 1.30 bits per heavy atom. The van der Waals surface area contributed by atoms with Gasteiger partial charge in [0.15, 0.2) is 0 Å². The molecule has 0 fully saturated rings. The molecule has 1 aromatic carbocycles. The Kier molecular flexibility index (Phi) is 4.97. The van der Waals surface area contributed by atoms with Crippen LogP contribution in [0, 0.1) is 39.0 Å². The predicted octanol–water partition coefficient (Wildman–Crippen LogP) is 3.07. The molecule has 0 aliphatic rings. The van der Waals surface area contributed by atoms with Gasteiger partial charge < -0.3 is 4.57 Å². The quantitative estimate of drug-likeness (QED) is 0.696. The van der Waals surface area contributed by atoms with Gasteiger partial charge in [-0.25, -0.2) is 5.43 Å². The summed E-state index contributed by atoms with van der Waals surface area (Å²) in [5.41, 5.74) is 9.03. The molecular formula is C18H20N4O. The minimum atomic E-state index is -0.410. The van der Waals surface area contributed by atoms with E-state index >= 15 is 0 Å². The van der Waals surface area contributed by atoms with Gasteiger partial charge in [0.05, 0.1) is 18.0 Å². The molecule has 0 saturated carbocycles. The fourth-order valence-electron chi connectivity index (χ4n) is 2.71. The fourth-order valence-corrected chi connectivity index (χ4v) is 2.71. The highest BCUT2D eigenvalue weighted by Gasteiger charge is 2.13. The van der Waals surface area contributed by atoms with E-state index in [-0.39, 0.29) is 6.42 Å². The lowest BCUT2D eigenvalue weighted by molar-refractivity contribution is -0.120. The summed E-state index contributed by atoms with van der Waals surface area (Å²) in [5.74, 6) is -0.410. The number of para-hydroxylation sites is 1. The van der Waals surface area contributed by atoms with Crippen molar-refractivity contribution in [1.82, 2.24) is 9.99 Å². The van der Waals surface area contributed by atoms with Crippen LogP contribution in [0.1, 0.15) is 34.5 Å². The fraction of sp³-hybridized carbons (Fsp3) is 0.278. The van der Waals surface area contributed by atoms with Gasteiger partial charge in [-0.15, -0.1) is 0 Å². The summed E-state index contributed by atoms with van der Waals surface area (Å²) in [5, 5.41) is 12.4. The van der Waals surface area contributed by atoms with Crippen molar-refractivity contribution in [1.29, 1.82) is 5.26 Å². The summed E-state index contributed by atoms with van der Waals surface area (Å²) >= 11 is 0. The normalized spacial score (nSPS) is 10.7. The van der Waals surface area contributed by atoms with Crippen LogP contribution in [0.4, 0.5) is 0 Å². The highest BCUT2D eigenvalue weighted by atomic mass is 16.2. The van der Waals surface area contributed by atoms with Crippen LogP contribution in [0.5, 0.6) is 0 Å². The lowest BCUT2D eigenvalue weighted by Crippen LogP contribution is -2.16. The molecule has 0 radical (unpaired) electrons. The molecule has 23 heavy (non-hydrogen) atoms. The van der Waals surface area contributed by atoms with Crippen LogP contribution in [0.3, 0.4) is 0 Å². The second-order valence-electron chi connectivity index (χ2n) is 5.53. The monoisotopic (exact) mass is 308 g/mol. The van der Waals surface area contributed by atoms with Gasteiger partial charge in [0.25, 0.3) is 5.91 Å². The molecule has 1 N–H and O–H groups in total. The first-order valence-electron chi connectivity index (χ1n) is 7.40. The van der Waals surface area contributed by atoms with Crippen molar-refractivity contribution in [2.45, 2.75) is 34.1 Å². The Hall–Kier alpha value is -2.87. The zero-order valence-electron chi connectivity index (χ0n) is 13.8. The molecule has 5 heteroatoms. The topological polar surface area (TPSA) is 70.2 Å². The standard InChI is InChI=1S/C18H20N4O/c1-12-6-5-7-13(2)18(12)22-14(3)10-16(15(22)4)11-20-21-17(23)8-9-19/h5-7,10-11H,8H2,1-4H3,(H,21,23)/b20-11+. The molecule has 2 aromatic rings. The van der Waals surface area contributed by atoms with E-state index in [0.717, 1.165) is 17.0 Å². The van der Waals surface area contributed by atoms with Crippen molar-refractivity contribution in [2.75, 3.05) is 0 Å². The number of hydrazone groups is 1. The maximum atomic E-state index is 11.2. The van der Waals surface area contributed by atoms with Gasteiger partial charge in [0.1, 0.15) is 6.42 Å². The number of hydrogen-bond donors (Lipinski definition) is 1. The van der Waals surface area contributed by atoms with Crippen molar-refractivity contribution < 1.29 is 4.79 Å². The van der Waals surface area contributed by atoms with Crippen LogP contribution in [0.2, 0.25) is 0 Å². The smallest absolute Gasteiger partial charge is 0.254 e. The number of hydrogen-bond acceptors (Lipinski definition) is 3. The predicted molar refractivity (Wildman–Crippen MR) is 90.7 cm³/mol. The van der Waals surface area contributed by atoms with Crippen LogP contribution in [-0.2, 0) is 4.79 Å². The molecule has 0 unspecified atom stereocenters. The highest BCUT2D eigenvalue weighted by molar-refractivity contribution is 5.84. The van der Waals surface area contributed by atoms with Crippen LogP contribution >= 0.6 is 0 Å². The molecule has 5 nitrogen and oxygen atoms in total. The first-order chi connectivity index (χ1) is 11.0. The summed E-state index contributed by atoms with van der Waals surface area (Å²) in [4.78, 5) is 11.2. The van der Waals surface area contributed by atoms with Crippen molar-refractivity contribution in [3.8, 4) is 11.8 Å². The van der Waals surface area contributed by atoms with Gasteiger partial charge in [-0.1, -0.05) is 18.2 Å². The van der Waals surface area contributed by atoms with Gasteiger partial charge in [0.2, 0.25) is 0 Å². The Balaban J connectivity index is 2.36. The van der Waals surface area contributed by atoms with Gasteiger partial charge in [0, 0.05) is 17.0 Å². The average Bonchev–Trinajstić information content (AvgIpc) is 2.75. The molecule has 0 aliphatic carbocycles. The SMILES string of the molecule is Cc1cccc(C)c1-n1c(C)cc(/C=N/NC(=O)CC#N)c1C. The largest absolute Gasteiger partial charge is 0.317 e. The molecule has 0 bridgehead atoms. The Bertz CT molecular complexity index is 789. The molecule has 0 atom stereocenters. The third-order valence-electron chi connectivity index (χ3n) is 3.77. The lowest BCUT2D eigenvalue weighted by Gasteiger charge is -2.15. The van der Waals surface area contributed by atoms with Gasteiger partial charge >= 0.3 is 0 Å². The van der Waals surface area contributed by atoms with Crippen molar-refractivity contribution >= 4 is 12.1 Å². The van der Waals surface area contributed by atoms with Crippen molar-refractivity contribution in [2.24, 2.45) is 5.10 Å². The first kappa shape index (κ1) is 16.5. The molecule has 2 rings (SSSR count). The number of nitrogens with zero attached hydrogens (tertiary/aromatic N) is 3. The number of benzene rings is 1. The van der Waals surface area contributed by atoms with E-state index in [9.17, 15) is 4.79 Å². The Morgan fingerprint density at radius 2 is 1.96 bits per heavy atom. The van der Waals surface area contributed by atoms with Gasteiger partial charge in [-0.05, 0) is 44.9 Å². The number of rotatable bonds is 4. The second kappa shape index (κ2) is 6.93. The molecule has 0 saturated heterocycles. The number of aromatic nitrogens is 1. The van der Waals surface area contributed by atoms with Crippen LogP contribution in [-0.4, -0.2) is 16.7 Å². The molecule has 0 aliphatic heterocycles. The molecule has 1 aromatic heterocycles. The van der Waals surface area contributed by atoms with E-state index in [0.29, 0.717) is 0 Å². The van der Waals surface area contributed by atoms with Crippen molar-refractivity contribution in [3.63, 3.8) is 0 Å². The number of carbonyl (C=O) groups is 1. The molecule has 1 heterocycles. The number of nitriles is 1. The molecule has 118 valence electrons. The van der Waals surface area contributed by atoms with E-state index in [1.807, 2.05) is 19.9 Å². The number of carbonyl (C=O) groups excluding carboxylic acids is 1. The molecular weight excluding hydrogens is 288 g/mol. The average molecular weight is 308 g/mol. The summed E-state index contributed by atoms with van der Waals surface area (Å²) in [7, 11) is 0.